The molecule has 3 aliphatic heterocycles. The maximum Gasteiger partial charge on any atom is 0.269 e. The summed E-state index contributed by atoms with van der Waals surface area (Å²) in [5.41, 5.74) is 2.63. The normalized spacial score (nSPS) is 22.4. The van der Waals surface area contributed by atoms with Crippen molar-refractivity contribution in [1.29, 1.82) is 0 Å². The van der Waals surface area contributed by atoms with E-state index in [1.54, 1.807) is 19.2 Å². The quantitative estimate of drug-likeness (QED) is 0.461. The molecule has 2 unspecified atom stereocenters. The average molecular weight is 496 g/mol. The van der Waals surface area contributed by atoms with Gasteiger partial charge in [-0.05, 0) is 42.3 Å². The summed E-state index contributed by atoms with van der Waals surface area (Å²) in [5, 5.41) is 14.5. The molecule has 0 aromatic heterocycles. The molecule has 1 amide bonds. The zero-order chi connectivity index (χ0) is 25.1. The second kappa shape index (κ2) is 10.8. The van der Waals surface area contributed by atoms with Crippen LogP contribution in [0.2, 0.25) is 0 Å². The van der Waals surface area contributed by atoms with E-state index in [1.165, 1.54) is 0 Å². The number of rotatable bonds is 7. The van der Waals surface area contributed by atoms with Crippen molar-refractivity contribution in [3.8, 4) is 5.75 Å². The van der Waals surface area contributed by atoms with Gasteiger partial charge in [-0.3, -0.25) is 24.7 Å². The number of nitrogens with zero attached hydrogens (tertiary/aromatic N) is 4. The number of ether oxygens (including phenoxy) is 2. The molecule has 0 spiro atoms. The Morgan fingerprint density at radius 3 is 2.56 bits per heavy atom. The largest absolute Gasteiger partial charge is 0.497 e. The van der Waals surface area contributed by atoms with E-state index in [2.05, 4.69) is 20.0 Å². The van der Waals surface area contributed by atoms with Crippen molar-refractivity contribution in [3.63, 3.8) is 0 Å². The van der Waals surface area contributed by atoms with E-state index in [9.17, 15) is 14.9 Å². The Bertz CT molecular complexity index is 1090. The van der Waals surface area contributed by atoms with Gasteiger partial charge in [-0.2, -0.15) is 0 Å². The molecule has 10 nitrogen and oxygen atoms in total. The fourth-order valence-corrected chi connectivity index (χ4v) is 5.50. The van der Waals surface area contributed by atoms with Crippen molar-refractivity contribution >= 4 is 23.0 Å². The SMILES string of the molecule is COc1ccc(NC(=O)C2Cc3cc([N+](=O)[O-])ccc3N3CCN(CCN4CCOCC4)CC23)cc1. The molecule has 3 heterocycles. The number of hydrogen-bond donors (Lipinski definition) is 1. The maximum atomic E-state index is 13.6. The number of morpholine rings is 1. The van der Waals surface area contributed by atoms with Gasteiger partial charge in [0.25, 0.3) is 5.69 Å². The number of anilines is 2. The number of nitro groups is 1. The molecule has 36 heavy (non-hydrogen) atoms. The van der Waals surface area contributed by atoms with E-state index >= 15 is 0 Å². The van der Waals surface area contributed by atoms with E-state index in [1.807, 2.05) is 30.3 Å². The maximum absolute atomic E-state index is 13.6. The standard InChI is InChI=1S/C26H33N5O5/c1-35-22-5-2-20(3-6-22)27-26(32)23-17-19-16-21(31(33)34)4-7-24(19)30-11-10-29(18-25(23)30)9-8-28-12-14-36-15-13-28/h2-7,16,23,25H,8-15,17-18H2,1H3,(H,27,32). The number of carbonyl (C=O) groups is 1. The number of benzene rings is 2. The lowest BCUT2D eigenvalue weighted by atomic mass is 9.83. The third-order valence-electron chi connectivity index (χ3n) is 7.52. The number of piperazine rings is 1. The summed E-state index contributed by atoms with van der Waals surface area (Å²) in [6.07, 6.45) is 0.470. The molecular formula is C26H33N5O5. The van der Waals surface area contributed by atoms with Gasteiger partial charge in [0, 0.05) is 69.3 Å². The fourth-order valence-electron chi connectivity index (χ4n) is 5.50. The smallest absolute Gasteiger partial charge is 0.269 e. The minimum atomic E-state index is -0.373. The van der Waals surface area contributed by atoms with Crippen LogP contribution in [-0.4, -0.2) is 92.8 Å². The Morgan fingerprint density at radius 1 is 1.08 bits per heavy atom. The van der Waals surface area contributed by atoms with E-state index in [4.69, 9.17) is 9.47 Å². The van der Waals surface area contributed by atoms with Crippen LogP contribution in [0.1, 0.15) is 5.56 Å². The van der Waals surface area contributed by atoms with E-state index < -0.39 is 0 Å². The number of nitro benzene ring substituents is 1. The lowest BCUT2D eigenvalue weighted by Gasteiger charge is -2.49. The minimum absolute atomic E-state index is 0.00403. The van der Waals surface area contributed by atoms with Gasteiger partial charge in [-0.1, -0.05) is 0 Å². The van der Waals surface area contributed by atoms with Gasteiger partial charge in [0.15, 0.2) is 0 Å². The van der Waals surface area contributed by atoms with E-state index in [0.29, 0.717) is 12.1 Å². The summed E-state index contributed by atoms with van der Waals surface area (Å²) in [5.74, 6) is 0.330. The second-order valence-electron chi connectivity index (χ2n) is 9.61. The van der Waals surface area contributed by atoms with Crippen LogP contribution < -0.4 is 15.0 Å². The topological polar surface area (TPSA) is 100 Å². The summed E-state index contributed by atoms with van der Waals surface area (Å²) < 4.78 is 10.7. The molecule has 2 aromatic rings. The zero-order valence-electron chi connectivity index (χ0n) is 20.6. The number of methoxy groups -OCH3 is 1. The van der Waals surface area contributed by atoms with Gasteiger partial charge in [-0.15, -0.1) is 0 Å². The molecule has 2 aromatic carbocycles. The minimum Gasteiger partial charge on any atom is -0.497 e. The Labute approximate surface area is 210 Å². The lowest BCUT2D eigenvalue weighted by molar-refractivity contribution is -0.384. The van der Waals surface area contributed by atoms with Crippen LogP contribution in [0.15, 0.2) is 42.5 Å². The van der Waals surface area contributed by atoms with Crippen LogP contribution in [0.3, 0.4) is 0 Å². The van der Waals surface area contributed by atoms with Gasteiger partial charge >= 0.3 is 0 Å². The first kappa shape index (κ1) is 24.5. The lowest BCUT2D eigenvalue weighted by Crippen LogP contribution is -2.61. The van der Waals surface area contributed by atoms with Crippen molar-refractivity contribution in [1.82, 2.24) is 9.80 Å². The summed E-state index contributed by atoms with van der Waals surface area (Å²) in [4.78, 5) is 31.8. The van der Waals surface area contributed by atoms with Crippen LogP contribution in [0.5, 0.6) is 5.75 Å². The molecular weight excluding hydrogens is 462 g/mol. The highest BCUT2D eigenvalue weighted by Gasteiger charge is 2.42. The predicted molar refractivity (Wildman–Crippen MR) is 137 cm³/mol. The van der Waals surface area contributed by atoms with Crippen LogP contribution in [0, 0.1) is 16.0 Å². The first-order valence-corrected chi connectivity index (χ1v) is 12.5. The molecule has 2 saturated heterocycles. The number of amides is 1. The Kier molecular flexibility index (Phi) is 7.35. The Morgan fingerprint density at radius 2 is 1.83 bits per heavy atom. The number of non-ortho nitro benzene ring substituents is 1. The molecule has 1 N–H and O–H groups in total. The fraction of sp³-hybridized carbons (Fsp3) is 0.500. The monoisotopic (exact) mass is 495 g/mol. The molecule has 0 aliphatic carbocycles. The Hall–Kier alpha value is -3.21. The highest BCUT2D eigenvalue weighted by molar-refractivity contribution is 5.94. The van der Waals surface area contributed by atoms with Gasteiger partial charge in [0.2, 0.25) is 5.91 Å². The predicted octanol–water partition coefficient (Wildman–Crippen LogP) is 2.24. The molecule has 2 fully saturated rings. The van der Waals surface area contributed by atoms with Gasteiger partial charge in [0.05, 0.1) is 37.2 Å². The van der Waals surface area contributed by atoms with Crippen molar-refractivity contribution in [2.75, 3.05) is 76.4 Å². The first-order chi connectivity index (χ1) is 17.5. The van der Waals surface area contributed by atoms with Crippen molar-refractivity contribution in [3.05, 3.63) is 58.1 Å². The van der Waals surface area contributed by atoms with Crippen LogP contribution in [0.4, 0.5) is 17.1 Å². The molecule has 2 atom stereocenters. The molecule has 5 rings (SSSR count). The van der Waals surface area contributed by atoms with E-state index in [-0.39, 0.29) is 28.5 Å². The second-order valence-corrected chi connectivity index (χ2v) is 9.61. The van der Waals surface area contributed by atoms with Gasteiger partial charge in [0.1, 0.15) is 5.75 Å². The molecule has 3 aliphatic rings. The Balaban J connectivity index is 1.35. The summed E-state index contributed by atoms with van der Waals surface area (Å²) in [6, 6.07) is 12.3. The molecule has 0 bridgehead atoms. The van der Waals surface area contributed by atoms with Gasteiger partial charge < -0.3 is 19.7 Å². The van der Waals surface area contributed by atoms with E-state index in [0.717, 1.165) is 76.0 Å². The average Bonchev–Trinajstić information content (AvgIpc) is 2.91. The summed E-state index contributed by atoms with van der Waals surface area (Å²) in [7, 11) is 1.61. The molecule has 192 valence electrons. The van der Waals surface area contributed by atoms with Crippen molar-refractivity contribution in [2.45, 2.75) is 12.5 Å². The molecule has 0 saturated carbocycles. The van der Waals surface area contributed by atoms with Crippen LogP contribution in [0.25, 0.3) is 0 Å². The third-order valence-corrected chi connectivity index (χ3v) is 7.52. The summed E-state index contributed by atoms with van der Waals surface area (Å²) >= 11 is 0. The van der Waals surface area contributed by atoms with Crippen molar-refractivity contribution in [2.24, 2.45) is 5.92 Å². The van der Waals surface area contributed by atoms with Crippen LogP contribution >= 0.6 is 0 Å². The van der Waals surface area contributed by atoms with Gasteiger partial charge in [-0.25, -0.2) is 0 Å². The molecule has 10 heteroatoms. The van der Waals surface area contributed by atoms with Crippen molar-refractivity contribution < 1.29 is 19.2 Å². The number of hydrogen-bond acceptors (Lipinski definition) is 8. The number of carbonyl (C=O) groups excluding carboxylic acids is 1. The number of fused-ring (bicyclic) bond motifs is 3. The van der Waals surface area contributed by atoms with Crippen LogP contribution in [-0.2, 0) is 16.0 Å². The first-order valence-electron chi connectivity index (χ1n) is 12.5. The molecule has 0 radical (unpaired) electrons. The highest BCUT2D eigenvalue weighted by atomic mass is 16.6. The zero-order valence-corrected chi connectivity index (χ0v) is 20.6. The third kappa shape index (κ3) is 5.30. The highest BCUT2D eigenvalue weighted by Crippen LogP contribution is 2.38. The summed E-state index contributed by atoms with van der Waals surface area (Å²) in [6.45, 7) is 7.88. The number of nitrogens with one attached hydrogen (secondary N) is 1.